The van der Waals surface area contributed by atoms with Crippen molar-refractivity contribution >= 4 is 22.0 Å². The van der Waals surface area contributed by atoms with Gasteiger partial charge in [-0.2, -0.15) is 0 Å². The van der Waals surface area contributed by atoms with Gasteiger partial charge in [0.15, 0.2) is 0 Å². The molecule has 0 aliphatic heterocycles. The molecule has 1 amide bonds. The number of nitrogens with one attached hydrogen (secondary N) is 2. The van der Waals surface area contributed by atoms with Crippen molar-refractivity contribution in [3.8, 4) is 0 Å². The lowest BCUT2D eigenvalue weighted by molar-refractivity contribution is -0.117. The van der Waals surface area contributed by atoms with Crippen molar-refractivity contribution in [2.24, 2.45) is 5.41 Å². The van der Waals surface area contributed by atoms with Gasteiger partial charge in [0, 0.05) is 12.1 Å². The van der Waals surface area contributed by atoms with Gasteiger partial charge in [0.25, 0.3) is 0 Å². The first-order valence-corrected chi connectivity index (χ1v) is 11.3. The van der Waals surface area contributed by atoms with Crippen molar-refractivity contribution in [2.75, 3.05) is 0 Å². The molecule has 0 bridgehead atoms. The summed E-state index contributed by atoms with van der Waals surface area (Å²) in [4.78, 5) is 12.7. The Bertz CT molecular complexity index is 971. The van der Waals surface area contributed by atoms with Gasteiger partial charge in [-0.3, -0.25) is 4.79 Å². The Kier molecular flexibility index (Phi) is 6.24. The highest BCUT2D eigenvalue weighted by molar-refractivity contribution is 7.89. The Hall–Kier alpha value is -2.44. The standard InChI is InChI=1S/C23H28N2O3S/c1-23(2,3)22(18-7-5-4-6-8-18)24-21(26)16-11-17-9-14-20(15-10-17)29(27,28)25-19-12-13-19/h4-11,14-16,19,22,25H,12-13H2,1-3H3,(H,24,26). The summed E-state index contributed by atoms with van der Waals surface area (Å²) < 4.78 is 27.1. The monoisotopic (exact) mass is 412 g/mol. The molecule has 5 nitrogen and oxygen atoms in total. The molecule has 0 spiro atoms. The van der Waals surface area contributed by atoms with Gasteiger partial charge in [-0.25, -0.2) is 13.1 Å². The van der Waals surface area contributed by atoms with Crippen LogP contribution in [0.25, 0.3) is 6.08 Å². The van der Waals surface area contributed by atoms with Crippen molar-refractivity contribution in [3.63, 3.8) is 0 Å². The van der Waals surface area contributed by atoms with E-state index in [0.29, 0.717) is 0 Å². The normalized spacial score (nSPS) is 16.0. The van der Waals surface area contributed by atoms with Crippen molar-refractivity contribution in [1.82, 2.24) is 10.0 Å². The van der Waals surface area contributed by atoms with Crippen LogP contribution >= 0.6 is 0 Å². The lowest BCUT2D eigenvalue weighted by Crippen LogP contribution is -2.35. The first-order chi connectivity index (χ1) is 13.6. The quantitative estimate of drug-likeness (QED) is 0.674. The van der Waals surface area contributed by atoms with Crippen LogP contribution in [0, 0.1) is 5.41 Å². The maximum absolute atomic E-state index is 12.5. The Morgan fingerprint density at radius 1 is 1.03 bits per heavy atom. The first kappa shape index (κ1) is 21.3. The average molecular weight is 413 g/mol. The molecule has 2 aromatic rings. The maximum Gasteiger partial charge on any atom is 0.244 e. The zero-order chi connectivity index (χ0) is 21.1. The lowest BCUT2D eigenvalue weighted by Gasteiger charge is -2.31. The minimum atomic E-state index is -3.46. The number of benzene rings is 2. The van der Waals surface area contributed by atoms with Gasteiger partial charge in [-0.05, 0) is 47.6 Å². The van der Waals surface area contributed by atoms with Crippen LogP contribution in [0.2, 0.25) is 0 Å². The second kappa shape index (κ2) is 8.51. The molecule has 0 radical (unpaired) electrons. The van der Waals surface area contributed by atoms with Crippen LogP contribution in [0.5, 0.6) is 0 Å². The van der Waals surface area contributed by atoms with Gasteiger partial charge in [0.2, 0.25) is 15.9 Å². The molecule has 0 aromatic heterocycles. The van der Waals surface area contributed by atoms with E-state index in [4.69, 9.17) is 0 Å². The molecule has 154 valence electrons. The SMILES string of the molecule is CC(C)(C)C(NC(=O)C=Cc1ccc(S(=O)(=O)NC2CC2)cc1)c1ccccc1. The second-order valence-corrected chi connectivity index (χ2v) is 10.2. The van der Waals surface area contributed by atoms with Gasteiger partial charge in [-0.1, -0.05) is 63.2 Å². The molecular formula is C23H28N2O3S. The van der Waals surface area contributed by atoms with Crippen LogP contribution in [0.3, 0.4) is 0 Å². The van der Waals surface area contributed by atoms with E-state index in [2.05, 4.69) is 30.8 Å². The molecule has 2 aromatic carbocycles. The highest BCUT2D eigenvalue weighted by Crippen LogP contribution is 2.32. The predicted molar refractivity (Wildman–Crippen MR) is 116 cm³/mol. The lowest BCUT2D eigenvalue weighted by atomic mass is 9.82. The summed E-state index contributed by atoms with van der Waals surface area (Å²) in [6.45, 7) is 6.26. The maximum atomic E-state index is 12.5. The van der Waals surface area contributed by atoms with Gasteiger partial charge in [-0.15, -0.1) is 0 Å². The van der Waals surface area contributed by atoms with E-state index in [0.717, 1.165) is 24.0 Å². The molecule has 1 unspecified atom stereocenters. The molecule has 0 heterocycles. The molecule has 0 saturated heterocycles. The van der Waals surface area contributed by atoms with Crippen molar-refractivity contribution in [1.29, 1.82) is 0 Å². The van der Waals surface area contributed by atoms with Gasteiger partial charge < -0.3 is 5.32 Å². The number of hydrogen-bond donors (Lipinski definition) is 2. The largest absolute Gasteiger partial charge is 0.345 e. The number of rotatable bonds is 7. The Labute approximate surface area is 173 Å². The highest BCUT2D eigenvalue weighted by atomic mass is 32.2. The number of amides is 1. The van der Waals surface area contributed by atoms with Crippen molar-refractivity contribution in [3.05, 3.63) is 71.8 Å². The topological polar surface area (TPSA) is 75.3 Å². The van der Waals surface area contributed by atoms with Gasteiger partial charge >= 0.3 is 0 Å². The molecule has 1 atom stereocenters. The average Bonchev–Trinajstić information content (AvgIpc) is 3.48. The third-order valence-corrected chi connectivity index (χ3v) is 6.34. The van der Waals surface area contributed by atoms with E-state index in [-0.39, 0.29) is 28.3 Å². The van der Waals surface area contributed by atoms with E-state index in [1.807, 2.05) is 30.3 Å². The van der Waals surface area contributed by atoms with E-state index < -0.39 is 10.0 Å². The van der Waals surface area contributed by atoms with Crippen LogP contribution in [-0.4, -0.2) is 20.4 Å². The summed E-state index contributed by atoms with van der Waals surface area (Å²) in [6, 6.07) is 16.4. The fourth-order valence-corrected chi connectivity index (χ4v) is 4.36. The molecule has 1 aliphatic rings. The summed E-state index contributed by atoms with van der Waals surface area (Å²) >= 11 is 0. The molecule has 29 heavy (non-hydrogen) atoms. The minimum absolute atomic E-state index is 0.0728. The summed E-state index contributed by atoms with van der Waals surface area (Å²) in [6.07, 6.45) is 4.96. The number of sulfonamides is 1. The van der Waals surface area contributed by atoms with Crippen LogP contribution in [0.15, 0.2) is 65.6 Å². The summed E-state index contributed by atoms with van der Waals surface area (Å²) in [7, 11) is -3.46. The Balaban J connectivity index is 1.66. The van der Waals surface area contributed by atoms with Crippen molar-refractivity contribution < 1.29 is 13.2 Å². The van der Waals surface area contributed by atoms with E-state index in [1.54, 1.807) is 30.3 Å². The van der Waals surface area contributed by atoms with E-state index >= 15 is 0 Å². The number of carbonyl (C=O) groups excluding carboxylic acids is 1. The van der Waals surface area contributed by atoms with Crippen LogP contribution in [-0.2, 0) is 14.8 Å². The third-order valence-electron chi connectivity index (χ3n) is 4.80. The Morgan fingerprint density at radius 2 is 1.66 bits per heavy atom. The van der Waals surface area contributed by atoms with E-state index in [9.17, 15) is 13.2 Å². The molecule has 1 aliphatic carbocycles. The number of hydrogen-bond acceptors (Lipinski definition) is 3. The molecule has 1 fully saturated rings. The van der Waals surface area contributed by atoms with Crippen molar-refractivity contribution in [2.45, 2.75) is 50.6 Å². The zero-order valence-electron chi connectivity index (χ0n) is 17.1. The summed E-state index contributed by atoms with van der Waals surface area (Å²) in [5.74, 6) is -0.194. The second-order valence-electron chi connectivity index (χ2n) is 8.52. The number of carbonyl (C=O) groups is 1. The molecule has 1 saturated carbocycles. The fourth-order valence-electron chi connectivity index (χ4n) is 3.05. The van der Waals surface area contributed by atoms with Crippen LogP contribution < -0.4 is 10.0 Å². The van der Waals surface area contributed by atoms with E-state index in [1.165, 1.54) is 6.08 Å². The zero-order valence-corrected chi connectivity index (χ0v) is 17.9. The van der Waals surface area contributed by atoms with Crippen LogP contribution in [0.1, 0.15) is 50.8 Å². The predicted octanol–water partition coefficient (Wildman–Crippen LogP) is 4.04. The molecular weight excluding hydrogens is 384 g/mol. The smallest absolute Gasteiger partial charge is 0.244 e. The minimum Gasteiger partial charge on any atom is -0.345 e. The third kappa shape index (κ3) is 6.02. The molecule has 2 N–H and O–H groups in total. The first-order valence-electron chi connectivity index (χ1n) is 9.81. The fraction of sp³-hybridized carbons (Fsp3) is 0.348. The van der Waals surface area contributed by atoms with Gasteiger partial charge in [0.05, 0.1) is 10.9 Å². The van der Waals surface area contributed by atoms with Crippen LogP contribution in [0.4, 0.5) is 0 Å². The molecule has 6 heteroatoms. The Morgan fingerprint density at radius 3 is 2.21 bits per heavy atom. The summed E-state index contributed by atoms with van der Waals surface area (Å²) in [5, 5.41) is 3.08. The van der Waals surface area contributed by atoms with Gasteiger partial charge in [0.1, 0.15) is 0 Å². The summed E-state index contributed by atoms with van der Waals surface area (Å²) in [5.41, 5.74) is 1.67. The highest BCUT2D eigenvalue weighted by Gasteiger charge is 2.28. The molecule has 3 rings (SSSR count).